The molecule has 3 nitrogen and oxygen atoms in total. The minimum absolute atomic E-state index is 0.0928. The monoisotopic (exact) mass is 431 g/mol. The Hall–Kier alpha value is -2.14. The number of Topliss-reactive ketones (excluding diaryl/α,β-unsaturated/α-hetero) is 1. The van der Waals surface area contributed by atoms with Gasteiger partial charge in [0, 0.05) is 16.6 Å². The van der Waals surface area contributed by atoms with Crippen LogP contribution in [-0.4, -0.2) is 17.4 Å². The van der Waals surface area contributed by atoms with E-state index in [1.807, 2.05) is 49.9 Å². The van der Waals surface area contributed by atoms with E-state index in [0.29, 0.717) is 12.0 Å². The van der Waals surface area contributed by atoms with Gasteiger partial charge in [-0.15, -0.1) is 0 Å². The molecule has 2 aromatic rings. The number of carbonyl (C=O) groups excluding carboxylic acids is 1. The maximum Gasteiger partial charge on any atom is 0.183 e. The fourth-order valence-corrected chi connectivity index (χ4v) is 3.86. The molecule has 1 unspecified atom stereocenters. The van der Waals surface area contributed by atoms with Crippen LogP contribution in [0.25, 0.3) is 0 Å². The van der Waals surface area contributed by atoms with Crippen molar-refractivity contribution in [3.63, 3.8) is 0 Å². The highest BCUT2D eigenvalue weighted by Crippen LogP contribution is 2.41. The number of hydrogen-bond acceptors (Lipinski definition) is 3. The first-order valence-corrected chi connectivity index (χ1v) is 9.80. The number of allylic oxidation sites excluding steroid dienone is 1. The molecule has 1 atom stereocenters. The number of anilines is 1. The molecule has 0 aliphatic carbocycles. The van der Waals surface area contributed by atoms with E-state index in [0.717, 1.165) is 21.3 Å². The minimum atomic E-state index is -0.432. The van der Waals surface area contributed by atoms with Gasteiger partial charge in [-0.05, 0) is 60.4 Å². The van der Waals surface area contributed by atoms with Crippen LogP contribution in [0.1, 0.15) is 37.4 Å². The zero-order valence-electron chi connectivity index (χ0n) is 15.7. The molecule has 1 fully saturated rings. The van der Waals surface area contributed by atoms with Gasteiger partial charge >= 0.3 is 0 Å². The van der Waals surface area contributed by atoms with Crippen molar-refractivity contribution in [2.75, 3.05) is 11.4 Å². The van der Waals surface area contributed by atoms with Crippen molar-refractivity contribution in [3.8, 4) is 0 Å². The Morgan fingerprint density at radius 2 is 1.93 bits per heavy atom. The molecule has 27 heavy (non-hydrogen) atoms. The molecule has 0 amide bonds. The van der Waals surface area contributed by atoms with E-state index in [1.165, 1.54) is 12.1 Å². The van der Waals surface area contributed by atoms with Gasteiger partial charge < -0.3 is 10.0 Å². The van der Waals surface area contributed by atoms with Gasteiger partial charge in [-0.25, -0.2) is 4.39 Å². The van der Waals surface area contributed by atoms with Crippen LogP contribution >= 0.6 is 15.9 Å². The van der Waals surface area contributed by atoms with Crippen molar-refractivity contribution in [2.24, 2.45) is 5.92 Å². The fourth-order valence-electron chi connectivity index (χ4n) is 3.60. The minimum Gasteiger partial charge on any atom is -0.512 e. The number of halogens is 2. The number of hydrogen-bond donors (Lipinski definition) is 1. The third-order valence-corrected chi connectivity index (χ3v) is 5.33. The maximum absolute atomic E-state index is 13.7. The van der Waals surface area contributed by atoms with Crippen LogP contribution in [0.4, 0.5) is 10.1 Å². The maximum atomic E-state index is 13.7. The lowest BCUT2D eigenvalue weighted by Crippen LogP contribution is -2.24. The topological polar surface area (TPSA) is 40.5 Å². The van der Waals surface area contributed by atoms with Crippen molar-refractivity contribution in [1.29, 1.82) is 0 Å². The van der Waals surface area contributed by atoms with Gasteiger partial charge in [0.05, 0.1) is 18.2 Å². The molecule has 1 saturated heterocycles. The average Bonchev–Trinajstić information content (AvgIpc) is 2.92. The van der Waals surface area contributed by atoms with Crippen molar-refractivity contribution in [2.45, 2.75) is 33.2 Å². The highest BCUT2D eigenvalue weighted by Gasteiger charge is 2.40. The Morgan fingerprint density at radius 3 is 2.52 bits per heavy atom. The van der Waals surface area contributed by atoms with Crippen LogP contribution in [0.2, 0.25) is 0 Å². The summed E-state index contributed by atoms with van der Waals surface area (Å²) in [4.78, 5) is 14.8. The van der Waals surface area contributed by atoms with Crippen molar-refractivity contribution in [3.05, 3.63) is 75.2 Å². The quantitative estimate of drug-likeness (QED) is 0.484. The lowest BCUT2D eigenvalue weighted by atomic mass is 9.92. The summed E-state index contributed by atoms with van der Waals surface area (Å²) < 4.78 is 14.6. The molecule has 1 heterocycles. The Kier molecular flexibility index (Phi) is 5.70. The largest absolute Gasteiger partial charge is 0.512 e. The first kappa shape index (κ1) is 19.6. The van der Waals surface area contributed by atoms with Crippen LogP contribution in [0.3, 0.4) is 0 Å². The molecule has 0 bridgehead atoms. The number of benzene rings is 2. The molecule has 142 valence electrons. The second-order valence-corrected chi connectivity index (χ2v) is 8.30. The number of aliphatic hydroxyl groups excluding tert-OH is 1. The smallest absolute Gasteiger partial charge is 0.183 e. The normalized spacial score (nSPS) is 19.1. The summed E-state index contributed by atoms with van der Waals surface area (Å²) in [5, 5.41) is 10.7. The molecule has 0 aromatic heterocycles. The summed E-state index contributed by atoms with van der Waals surface area (Å²) in [6.07, 6.45) is 0.437. The second-order valence-electron chi connectivity index (χ2n) is 7.39. The zero-order valence-corrected chi connectivity index (χ0v) is 17.3. The van der Waals surface area contributed by atoms with E-state index < -0.39 is 6.04 Å². The summed E-state index contributed by atoms with van der Waals surface area (Å²) in [5.74, 6) is -0.0529. The van der Waals surface area contributed by atoms with Gasteiger partial charge in [0.2, 0.25) is 0 Å². The number of ketones is 1. The second kappa shape index (κ2) is 7.85. The van der Waals surface area contributed by atoms with E-state index in [2.05, 4.69) is 15.9 Å². The standard InChI is InChI=1S/C22H23BrFNO2/c1-13(2)10-19(26)21-20(27)12-25(17-7-4-15(23)5-8-17)22(21)18-9-6-16(24)11-14(18)3/h4-9,11,13,22,26H,10,12H2,1-3H3. The van der Waals surface area contributed by atoms with Crippen LogP contribution in [0.5, 0.6) is 0 Å². The molecule has 5 heteroatoms. The summed E-state index contributed by atoms with van der Waals surface area (Å²) in [7, 11) is 0. The molecule has 3 rings (SSSR count). The lowest BCUT2D eigenvalue weighted by Gasteiger charge is -2.28. The highest BCUT2D eigenvalue weighted by molar-refractivity contribution is 9.10. The number of aryl methyl sites for hydroxylation is 1. The van der Waals surface area contributed by atoms with Gasteiger partial charge in [0.25, 0.3) is 0 Å². The van der Waals surface area contributed by atoms with E-state index in [9.17, 15) is 14.3 Å². The van der Waals surface area contributed by atoms with E-state index in [1.54, 1.807) is 6.07 Å². The molecule has 1 aliphatic heterocycles. The zero-order chi connectivity index (χ0) is 19.7. The van der Waals surface area contributed by atoms with Gasteiger partial charge in [-0.2, -0.15) is 0 Å². The Morgan fingerprint density at radius 1 is 1.26 bits per heavy atom. The molecular weight excluding hydrogens is 409 g/mol. The first-order chi connectivity index (χ1) is 12.8. The summed E-state index contributed by atoms with van der Waals surface area (Å²) in [5.41, 5.74) is 2.89. The van der Waals surface area contributed by atoms with Gasteiger partial charge in [-0.3, -0.25) is 4.79 Å². The van der Waals surface area contributed by atoms with Crippen LogP contribution in [0.15, 0.2) is 58.3 Å². The van der Waals surface area contributed by atoms with Gasteiger partial charge in [0.1, 0.15) is 11.6 Å². The van der Waals surface area contributed by atoms with Gasteiger partial charge in [0.15, 0.2) is 5.78 Å². The fraction of sp³-hybridized carbons (Fsp3) is 0.318. The molecular formula is C22H23BrFNO2. The molecule has 2 aromatic carbocycles. The van der Waals surface area contributed by atoms with E-state index in [-0.39, 0.29) is 29.8 Å². The van der Waals surface area contributed by atoms with Gasteiger partial charge in [-0.1, -0.05) is 35.8 Å². The van der Waals surface area contributed by atoms with Crippen LogP contribution < -0.4 is 4.90 Å². The highest BCUT2D eigenvalue weighted by atomic mass is 79.9. The predicted octanol–water partition coefficient (Wildman–Crippen LogP) is 5.89. The van der Waals surface area contributed by atoms with Crippen molar-refractivity contribution in [1.82, 2.24) is 0 Å². The number of rotatable bonds is 4. The van der Waals surface area contributed by atoms with Crippen LogP contribution in [0, 0.1) is 18.7 Å². The Bertz CT molecular complexity index is 890. The summed E-state index contributed by atoms with van der Waals surface area (Å²) in [6.45, 7) is 6.01. The Balaban J connectivity index is 2.16. The molecule has 1 aliphatic rings. The lowest BCUT2D eigenvalue weighted by molar-refractivity contribution is -0.113. The molecule has 1 N–H and O–H groups in total. The third-order valence-electron chi connectivity index (χ3n) is 4.80. The summed E-state index contributed by atoms with van der Waals surface area (Å²) >= 11 is 3.43. The van der Waals surface area contributed by atoms with E-state index >= 15 is 0 Å². The van der Waals surface area contributed by atoms with Crippen molar-refractivity contribution >= 4 is 27.4 Å². The number of carbonyl (C=O) groups is 1. The SMILES string of the molecule is Cc1cc(F)ccc1C1C(=C(O)CC(C)C)C(=O)CN1c1ccc(Br)cc1. The molecule has 0 saturated carbocycles. The molecule has 0 spiro atoms. The van der Waals surface area contributed by atoms with E-state index in [4.69, 9.17) is 0 Å². The average molecular weight is 432 g/mol. The number of nitrogens with zero attached hydrogens (tertiary/aromatic N) is 1. The predicted molar refractivity (Wildman–Crippen MR) is 109 cm³/mol. The Labute approximate surface area is 167 Å². The molecule has 0 radical (unpaired) electrons. The first-order valence-electron chi connectivity index (χ1n) is 9.01. The van der Waals surface area contributed by atoms with Crippen molar-refractivity contribution < 1.29 is 14.3 Å². The number of aliphatic hydroxyl groups is 1. The van der Waals surface area contributed by atoms with Crippen LogP contribution in [-0.2, 0) is 4.79 Å². The third kappa shape index (κ3) is 4.08. The summed E-state index contributed by atoms with van der Waals surface area (Å²) in [6, 6.07) is 11.9.